The maximum absolute atomic E-state index is 12.5. The molecular weight excluding hydrogens is 366 g/mol. The standard InChI is InChI=1S/C19H23N3O4S/c1-12-5-6-17(11-13(12)2)22-27(25,26)18-9-7-16(8-10-18)21-19(24)14(3)20-15(4)23/h5-11,14,22H,1-4H3,(H,20,23)(H,21,24)/t14-/m1/s1. The minimum absolute atomic E-state index is 0.0774. The third-order valence-electron chi connectivity index (χ3n) is 4.00. The minimum atomic E-state index is -3.74. The number of carbonyl (C=O) groups is 2. The van der Waals surface area contributed by atoms with Crippen LogP contribution in [0.2, 0.25) is 0 Å². The molecule has 0 unspecified atom stereocenters. The third kappa shape index (κ3) is 5.55. The third-order valence-corrected chi connectivity index (χ3v) is 5.40. The topological polar surface area (TPSA) is 104 Å². The molecule has 0 heterocycles. The molecule has 2 amide bonds. The predicted molar refractivity (Wildman–Crippen MR) is 105 cm³/mol. The lowest BCUT2D eigenvalue weighted by molar-refractivity contribution is -0.124. The smallest absolute Gasteiger partial charge is 0.261 e. The summed E-state index contributed by atoms with van der Waals surface area (Å²) in [6.07, 6.45) is 0. The molecule has 7 nitrogen and oxygen atoms in total. The molecule has 1 atom stereocenters. The van der Waals surface area contributed by atoms with Crippen LogP contribution in [0.1, 0.15) is 25.0 Å². The molecule has 0 radical (unpaired) electrons. The monoisotopic (exact) mass is 389 g/mol. The summed E-state index contributed by atoms with van der Waals surface area (Å²) in [4.78, 5) is 23.0. The lowest BCUT2D eigenvalue weighted by atomic mass is 10.1. The molecule has 8 heteroatoms. The van der Waals surface area contributed by atoms with E-state index in [1.165, 1.54) is 31.2 Å². The first kappa shape index (κ1) is 20.4. The van der Waals surface area contributed by atoms with Crippen LogP contribution in [0.4, 0.5) is 11.4 Å². The molecule has 2 aromatic rings. The van der Waals surface area contributed by atoms with Crippen molar-refractivity contribution in [3.05, 3.63) is 53.6 Å². The lowest BCUT2D eigenvalue weighted by Crippen LogP contribution is -2.40. The van der Waals surface area contributed by atoms with Crippen molar-refractivity contribution in [2.75, 3.05) is 10.0 Å². The van der Waals surface area contributed by atoms with Crippen LogP contribution in [-0.4, -0.2) is 26.3 Å². The minimum Gasteiger partial charge on any atom is -0.345 e. The van der Waals surface area contributed by atoms with Crippen LogP contribution in [0.15, 0.2) is 47.4 Å². The van der Waals surface area contributed by atoms with E-state index < -0.39 is 22.0 Å². The van der Waals surface area contributed by atoms with Crippen molar-refractivity contribution >= 4 is 33.2 Å². The normalized spacial score (nSPS) is 12.1. The van der Waals surface area contributed by atoms with Crippen LogP contribution >= 0.6 is 0 Å². The summed E-state index contributed by atoms with van der Waals surface area (Å²) in [5.74, 6) is -0.703. The van der Waals surface area contributed by atoms with Gasteiger partial charge in [0.05, 0.1) is 4.90 Å². The summed E-state index contributed by atoms with van der Waals surface area (Å²) in [5, 5.41) is 5.10. The van der Waals surface area contributed by atoms with Crippen molar-refractivity contribution in [2.24, 2.45) is 0 Å². The van der Waals surface area contributed by atoms with Crippen LogP contribution in [0.25, 0.3) is 0 Å². The summed E-state index contributed by atoms with van der Waals surface area (Å²) in [6.45, 7) is 6.75. The molecule has 144 valence electrons. The first-order chi connectivity index (χ1) is 12.6. The maximum atomic E-state index is 12.5. The molecule has 0 aliphatic rings. The molecule has 2 aromatic carbocycles. The summed E-state index contributed by atoms with van der Waals surface area (Å²) in [7, 11) is -3.74. The summed E-state index contributed by atoms with van der Waals surface area (Å²) in [6, 6.07) is 10.4. The van der Waals surface area contributed by atoms with Gasteiger partial charge in [-0.25, -0.2) is 8.42 Å². The molecule has 0 saturated heterocycles. The van der Waals surface area contributed by atoms with E-state index in [0.717, 1.165) is 11.1 Å². The number of carbonyl (C=O) groups excluding carboxylic acids is 2. The zero-order valence-electron chi connectivity index (χ0n) is 15.7. The molecule has 0 aliphatic carbocycles. The quantitative estimate of drug-likeness (QED) is 0.706. The van der Waals surface area contributed by atoms with Gasteiger partial charge in [0.2, 0.25) is 11.8 Å². The molecule has 2 rings (SSSR count). The fourth-order valence-corrected chi connectivity index (χ4v) is 3.41. The van der Waals surface area contributed by atoms with Crippen molar-refractivity contribution < 1.29 is 18.0 Å². The van der Waals surface area contributed by atoms with E-state index >= 15 is 0 Å². The number of sulfonamides is 1. The molecule has 3 N–H and O–H groups in total. The van der Waals surface area contributed by atoms with Gasteiger partial charge in [-0.15, -0.1) is 0 Å². The van der Waals surface area contributed by atoms with Gasteiger partial charge >= 0.3 is 0 Å². The van der Waals surface area contributed by atoms with Gasteiger partial charge in [0.1, 0.15) is 6.04 Å². The maximum Gasteiger partial charge on any atom is 0.261 e. The first-order valence-electron chi connectivity index (χ1n) is 8.36. The van der Waals surface area contributed by atoms with E-state index in [0.29, 0.717) is 11.4 Å². The highest BCUT2D eigenvalue weighted by Gasteiger charge is 2.16. The molecule has 0 spiro atoms. The van der Waals surface area contributed by atoms with Gasteiger partial charge in [0, 0.05) is 18.3 Å². The predicted octanol–water partition coefficient (Wildman–Crippen LogP) is 2.57. The van der Waals surface area contributed by atoms with Gasteiger partial charge in [-0.3, -0.25) is 14.3 Å². The number of anilines is 2. The van der Waals surface area contributed by atoms with Crippen LogP contribution in [0.3, 0.4) is 0 Å². The van der Waals surface area contributed by atoms with E-state index in [1.54, 1.807) is 19.1 Å². The van der Waals surface area contributed by atoms with Crippen molar-refractivity contribution in [3.8, 4) is 0 Å². The van der Waals surface area contributed by atoms with Crippen LogP contribution < -0.4 is 15.4 Å². The largest absolute Gasteiger partial charge is 0.345 e. The average molecular weight is 389 g/mol. The van der Waals surface area contributed by atoms with Gasteiger partial charge < -0.3 is 10.6 Å². The van der Waals surface area contributed by atoms with E-state index in [1.807, 2.05) is 19.9 Å². The highest BCUT2D eigenvalue weighted by Crippen LogP contribution is 2.20. The van der Waals surface area contributed by atoms with Gasteiger partial charge in [-0.1, -0.05) is 6.07 Å². The first-order valence-corrected chi connectivity index (χ1v) is 9.85. The van der Waals surface area contributed by atoms with Gasteiger partial charge in [-0.2, -0.15) is 0 Å². The van der Waals surface area contributed by atoms with E-state index in [4.69, 9.17) is 0 Å². The van der Waals surface area contributed by atoms with Crippen LogP contribution in [0, 0.1) is 13.8 Å². The van der Waals surface area contributed by atoms with Gasteiger partial charge in [-0.05, 0) is 68.3 Å². The fraction of sp³-hybridized carbons (Fsp3) is 0.263. The second-order valence-corrected chi connectivity index (χ2v) is 8.02. The number of hydrogen-bond acceptors (Lipinski definition) is 4. The Morgan fingerprint density at radius 2 is 1.52 bits per heavy atom. The SMILES string of the molecule is CC(=O)N[C@H](C)C(=O)Nc1ccc(S(=O)(=O)Nc2ccc(C)c(C)c2)cc1. The Bertz CT molecular complexity index is 953. The average Bonchev–Trinajstić information content (AvgIpc) is 2.58. The van der Waals surface area contributed by atoms with E-state index in [2.05, 4.69) is 15.4 Å². The summed E-state index contributed by atoms with van der Waals surface area (Å²) >= 11 is 0. The van der Waals surface area contributed by atoms with Crippen LogP contribution in [-0.2, 0) is 19.6 Å². The number of rotatable bonds is 6. The van der Waals surface area contributed by atoms with Crippen molar-refractivity contribution in [1.82, 2.24) is 5.32 Å². The van der Waals surface area contributed by atoms with Crippen molar-refractivity contribution in [1.29, 1.82) is 0 Å². The van der Waals surface area contributed by atoms with Crippen molar-refractivity contribution in [3.63, 3.8) is 0 Å². The Morgan fingerprint density at radius 3 is 2.07 bits per heavy atom. The Hall–Kier alpha value is -2.87. The molecule has 0 aliphatic heterocycles. The number of nitrogens with one attached hydrogen (secondary N) is 3. The summed E-state index contributed by atoms with van der Waals surface area (Å²) in [5.41, 5.74) is 2.98. The Morgan fingerprint density at radius 1 is 0.926 bits per heavy atom. The molecule has 0 bridgehead atoms. The molecule has 27 heavy (non-hydrogen) atoms. The lowest BCUT2D eigenvalue weighted by Gasteiger charge is -2.13. The second kappa shape index (κ2) is 8.22. The van der Waals surface area contributed by atoms with E-state index in [9.17, 15) is 18.0 Å². The van der Waals surface area contributed by atoms with Crippen LogP contribution in [0.5, 0.6) is 0 Å². The van der Waals surface area contributed by atoms with Crippen molar-refractivity contribution in [2.45, 2.75) is 38.6 Å². The molecule has 0 aromatic heterocycles. The Kier molecular flexibility index (Phi) is 6.22. The number of amides is 2. The highest BCUT2D eigenvalue weighted by atomic mass is 32.2. The second-order valence-electron chi connectivity index (χ2n) is 6.34. The Labute approximate surface area is 159 Å². The zero-order valence-corrected chi connectivity index (χ0v) is 16.5. The highest BCUT2D eigenvalue weighted by molar-refractivity contribution is 7.92. The fourth-order valence-electron chi connectivity index (χ4n) is 2.36. The van der Waals surface area contributed by atoms with Gasteiger partial charge in [0.25, 0.3) is 10.0 Å². The Balaban J connectivity index is 2.10. The molecular formula is C19H23N3O4S. The zero-order chi connectivity index (χ0) is 20.2. The number of benzene rings is 2. The molecule has 0 fully saturated rings. The van der Waals surface area contributed by atoms with Gasteiger partial charge in [0.15, 0.2) is 0 Å². The molecule has 0 saturated carbocycles. The number of hydrogen-bond donors (Lipinski definition) is 3. The van der Waals surface area contributed by atoms with E-state index in [-0.39, 0.29) is 10.8 Å². The number of aryl methyl sites for hydroxylation is 2. The summed E-state index contributed by atoms with van der Waals surface area (Å²) < 4.78 is 27.6.